The van der Waals surface area contributed by atoms with Crippen LogP contribution >= 0.6 is 0 Å². The second-order valence-electron chi connectivity index (χ2n) is 3.64. The van der Waals surface area contributed by atoms with Gasteiger partial charge in [-0.15, -0.1) is 0 Å². The van der Waals surface area contributed by atoms with E-state index in [1.54, 1.807) is 13.0 Å². The van der Waals surface area contributed by atoms with Crippen LogP contribution in [0.1, 0.15) is 26.6 Å². The normalized spacial score (nSPS) is 10.1. The summed E-state index contributed by atoms with van der Waals surface area (Å²) in [6.45, 7) is 1.73. The van der Waals surface area contributed by atoms with Crippen LogP contribution in [0.3, 0.4) is 0 Å². The highest BCUT2D eigenvalue weighted by molar-refractivity contribution is 6.04. The summed E-state index contributed by atoms with van der Waals surface area (Å²) >= 11 is 0. The number of hydrogen-bond donors (Lipinski definition) is 2. The number of carbonyl (C=O) groups excluding carboxylic acids is 1. The highest BCUT2D eigenvalue weighted by Crippen LogP contribution is 2.12. The Kier molecular flexibility index (Phi) is 3.09. The monoisotopic (exact) mass is 246 g/mol. The van der Waals surface area contributed by atoms with Crippen molar-refractivity contribution < 1.29 is 19.1 Å². The second-order valence-corrected chi connectivity index (χ2v) is 3.64. The topological polar surface area (TPSA) is 92.4 Å². The second kappa shape index (κ2) is 4.70. The SMILES string of the molecule is Cc1cc(C(=O)Nc2ccnc(C(=O)O)c2)co1. The van der Waals surface area contributed by atoms with E-state index in [1.165, 1.54) is 24.6 Å². The number of anilines is 1. The molecule has 0 aliphatic heterocycles. The van der Waals surface area contributed by atoms with Gasteiger partial charge in [0, 0.05) is 11.9 Å². The van der Waals surface area contributed by atoms with Crippen molar-refractivity contribution in [1.29, 1.82) is 0 Å². The standard InChI is InChI=1S/C12H10N2O4/c1-7-4-8(6-18-7)11(15)14-9-2-3-13-10(5-9)12(16)17/h2-6H,1H3,(H,16,17)(H,13,14,15). The molecule has 0 radical (unpaired) electrons. The minimum Gasteiger partial charge on any atom is -0.477 e. The lowest BCUT2D eigenvalue weighted by atomic mass is 10.2. The number of pyridine rings is 1. The zero-order chi connectivity index (χ0) is 13.1. The fourth-order valence-electron chi connectivity index (χ4n) is 1.39. The minimum absolute atomic E-state index is 0.129. The van der Waals surface area contributed by atoms with Gasteiger partial charge < -0.3 is 14.8 Å². The Morgan fingerprint density at radius 3 is 2.78 bits per heavy atom. The predicted octanol–water partition coefficient (Wildman–Crippen LogP) is 1.93. The van der Waals surface area contributed by atoms with E-state index in [0.29, 0.717) is 17.0 Å². The molecular formula is C12H10N2O4. The van der Waals surface area contributed by atoms with Crippen LogP contribution in [0.15, 0.2) is 35.1 Å². The quantitative estimate of drug-likeness (QED) is 0.863. The maximum atomic E-state index is 11.8. The Balaban J connectivity index is 2.16. The zero-order valence-corrected chi connectivity index (χ0v) is 9.51. The molecule has 6 nitrogen and oxygen atoms in total. The van der Waals surface area contributed by atoms with Crippen molar-refractivity contribution in [2.24, 2.45) is 0 Å². The molecule has 2 rings (SSSR count). The van der Waals surface area contributed by atoms with Gasteiger partial charge in [0.25, 0.3) is 5.91 Å². The summed E-state index contributed by atoms with van der Waals surface area (Å²) in [6, 6.07) is 4.39. The van der Waals surface area contributed by atoms with Gasteiger partial charge in [0.1, 0.15) is 17.7 Å². The van der Waals surface area contributed by atoms with Gasteiger partial charge in [-0.05, 0) is 25.1 Å². The summed E-state index contributed by atoms with van der Waals surface area (Å²) in [4.78, 5) is 26.1. The molecule has 18 heavy (non-hydrogen) atoms. The van der Waals surface area contributed by atoms with Crippen LogP contribution in [0.4, 0.5) is 5.69 Å². The van der Waals surface area contributed by atoms with E-state index in [0.717, 1.165) is 0 Å². The number of carboxylic acid groups (broad SMARTS) is 1. The maximum absolute atomic E-state index is 11.8. The third-order valence-corrected chi connectivity index (χ3v) is 2.23. The van der Waals surface area contributed by atoms with E-state index < -0.39 is 5.97 Å². The Morgan fingerprint density at radius 1 is 1.39 bits per heavy atom. The molecular weight excluding hydrogens is 236 g/mol. The van der Waals surface area contributed by atoms with Gasteiger partial charge >= 0.3 is 5.97 Å². The van der Waals surface area contributed by atoms with Crippen LogP contribution in [0, 0.1) is 6.92 Å². The number of aromatic carboxylic acids is 1. The Labute approximate surface area is 102 Å². The van der Waals surface area contributed by atoms with Gasteiger partial charge in [-0.25, -0.2) is 9.78 Å². The van der Waals surface area contributed by atoms with Gasteiger partial charge in [0.05, 0.1) is 5.56 Å². The zero-order valence-electron chi connectivity index (χ0n) is 9.51. The smallest absolute Gasteiger partial charge is 0.354 e. The molecule has 1 amide bonds. The summed E-state index contributed by atoms with van der Waals surface area (Å²) < 4.78 is 5.02. The molecule has 2 N–H and O–H groups in total. The molecule has 0 unspecified atom stereocenters. The lowest BCUT2D eigenvalue weighted by Gasteiger charge is -2.03. The van der Waals surface area contributed by atoms with Crippen LogP contribution in [-0.2, 0) is 0 Å². The van der Waals surface area contributed by atoms with Crippen LogP contribution in [0.5, 0.6) is 0 Å². The molecule has 0 fully saturated rings. The first kappa shape index (κ1) is 11.8. The molecule has 2 aromatic heterocycles. The van der Waals surface area contributed by atoms with E-state index in [4.69, 9.17) is 9.52 Å². The van der Waals surface area contributed by atoms with Gasteiger partial charge in [-0.2, -0.15) is 0 Å². The molecule has 6 heteroatoms. The van der Waals surface area contributed by atoms with Gasteiger partial charge in [-0.3, -0.25) is 4.79 Å². The number of amides is 1. The van der Waals surface area contributed by atoms with Crippen molar-refractivity contribution in [1.82, 2.24) is 4.98 Å². The van der Waals surface area contributed by atoms with Crippen molar-refractivity contribution in [3.63, 3.8) is 0 Å². The molecule has 0 bridgehead atoms. The van der Waals surface area contributed by atoms with Gasteiger partial charge in [0.15, 0.2) is 0 Å². The maximum Gasteiger partial charge on any atom is 0.354 e. The first-order chi connectivity index (χ1) is 8.56. The molecule has 92 valence electrons. The highest BCUT2D eigenvalue weighted by Gasteiger charge is 2.10. The number of carbonyl (C=O) groups is 2. The van der Waals surface area contributed by atoms with Crippen molar-refractivity contribution in [3.8, 4) is 0 Å². The fourth-order valence-corrected chi connectivity index (χ4v) is 1.39. The lowest BCUT2D eigenvalue weighted by Crippen LogP contribution is -2.12. The first-order valence-electron chi connectivity index (χ1n) is 5.12. The van der Waals surface area contributed by atoms with Crippen molar-refractivity contribution >= 4 is 17.6 Å². The average Bonchev–Trinajstić information content (AvgIpc) is 2.76. The van der Waals surface area contributed by atoms with Crippen LogP contribution in [-0.4, -0.2) is 22.0 Å². The summed E-state index contributed by atoms with van der Waals surface area (Å²) in [5.74, 6) is -0.888. The van der Waals surface area contributed by atoms with Crippen molar-refractivity contribution in [2.75, 3.05) is 5.32 Å². The summed E-state index contributed by atoms with van der Waals surface area (Å²) in [7, 11) is 0. The predicted molar refractivity (Wildman–Crippen MR) is 62.6 cm³/mol. The number of aryl methyl sites for hydroxylation is 1. The van der Waals surface area contributed by atoms with Crippen molar-refractivity contribution in [3.05, 3.63) is 47.7 Å². The van der Waals surface area contributed by atoms with E-state index >= 15 is 0 Å². The molecule has 0 aliphatic carbocycles. The third kappa shape index (κ3) is 2.54. The number of furan rings is 1. The van der Waals surface area contributed by atoms with Crippen molar-refractivity contribution in [2.45, 2.75) is 6.92 Å². The minimum atomic E-state index is -1.15. The third-order valence-electron chi connectivity index (χ3n) is 2.23. The number of carboxylic acids is 1. The number of aromatic nitrogens is 1. The number of nitrogens with one attached hydrogen (secondary N) is 1. The number of hydrogen-bond acceptors (Lipinski definition) is 4. The van der Waals surface area contributed by atoms with E-state index in [-0.39, 0.29) is 11.6 Å². The van der Waals surface area contributed by atoms with Crippen LogP contribution < -0.4 is 5.32 Å². The summed E-state index contributed by atoms with van der Waals surface area (Å²) in [5, 5.41) is 11.3. The average molecular weight is 246 g/mol. The lowest BCUT2D eigenvalue weighted by molar-refractivity contribution is 0.0690. The molecule has 0 aliphatic rings. The number of nitrogens with zero attached hydrogens (tertiary/aromatic N) is 1. The molecule has 0 saturated heterocycles. The summed E-state index contributed by atoms with van der Waals surface area (Å²) in [6.07, 6.45) is 2.66. The Bertz CT molecular complexity index is 604. The Morgan fingerprint density at radius 2 is 2.17 bits per heavy atom. The molecule has 0 saturated carbocycles. The van der Waals surface area contributed by atoms with E-state index in [2.05, 4.69) is 10.3 Å². The molecule has 2 heterocycles. The summed E-state index contributed by atoms with van der Waals surface area (Å²) in [5.41, 5.74) is 0.614. The molecule has 0 atom stereocenters. The molecule has 2 aromatic rings. The fraction of sp³-hybridized carbons (Fsp3) is 0.0833. The number of rotatable bonds is 3. The van der Waals surface area contributed by atoms with Crippen LogP contribution in [0.2, 0.25) is 0 Å². The Hall–Kier alpha value is -2.63. The van der Waals surface area contributed by atoms with E-state index in [1.807, 2.05) is 0 Å². The highest BCUT2D eigenvalue weighted by atomic mass is 16.4. The molecule has 0 aromatic carbocycles. The van der Waals surface area contributed by atoms with Gasteiger partial charge in [-0.1, -0.05) is 0 Å². The van der Waals surface area contributed by atoms with E-state index in [9.17, 15) is 9.59 Å². The largest absolute Gasteiger partial charge is 0.477 e. The first-order valence-corrected chi connectivity index (χ1v) is 5.12. The van der Waals surface area contributed by atoms with Gasteiger partial charge in [0.2, 0.25) is 0 Å². The van der Waals surface area contributed by atoms with Crippen LogP contribution in [0.25, 0.3) is 0 Å². The molecule has 0 spiro atoms.